The van der Waals surface area contributed by atoms with Gasteiger partial charge in [0.2, 0.25) is 0 Å². The average molecular weight is 337 g/mol. The highest BCUT2D eigenvalue weighted by Gasteiger charge is 2.19. The first-order chi connectivity index (χ1) is 12.1. The van der Waals surface area contributed by atoms with E-state index in [-0.39, 0.29) is 6.10 Å². The lowest BCUT2D eigenvalue weighted by Gasteiger charge is -2.06. The maximum atomic E-state index is 5.76. The largest absolute Gasteiger partial charge is 0.490 e. The van der Waals surface area contributed by atoms with E-state index in [0.717, 1.165) is 48.0 Å². The third-order valence-electron chi connectivity index (χ3n) is 4.48. The Labute approximate surface area is 147 Å². The lowest BCUT2D eigenvalue weighted by molar-refractivity contribution is 0.254. The smallest absolute Gasteiger partial charge is 0.154 e. The summed E-state index contributed by atoms with van der Waals surface area (Å²) in [5, 5.41) is 8.06. The second-order valence-corrected chi connectivity index (χ2v) is 6.77. The molecule has 3 aromatic rings. The van der Waals surface area contributed by atoms with Crippen molar-refractivity contribution in [1.82, 2.24) is 15.1 Å². The standard InChI is InChI=1S/C20H23N3O2/c1-13-4-6-19(24-13)20-17(12-23(3)22-20)11-21-10-15-5-7-18-16(9-15)8-14(2)25-18/h4-7,9,12,14,21H,8,10-11H2,1-3H3. The van der Waals surface area contributed by atoms with Gasteiger partial charge in [-0.3, -0.25) is 4.68 Å². The summed E-state index contributed by atoms with van der Waals surface area (Å²) >= 11 is 0. The molecule has 1 unspecified atom stereocenters. The number of ether oxygens (including phenoxy) is 1. The van der Waals surface area contributed by atoms with E-state index in [9.17, 15) is 0 Å². The molecule has 0 fully saturated rings. The average Bonchev–Trinajstić information content (AvgIpc) is 3.25. The van der Waals surface area contributed by atoms with Crippen molar-refractivity contribution in [1.29, 1.82) is 0 Å². The van der Waals surface area contributed by atoms with Crippen molar-refractivity contribution in [3.05, 3.63) is 59.0 Å². The summed E-state index contributed by atoms with van der Waals surface area (Å²) in [5.41, 5.74) is 4.62. The van der Waals surface area contributed by atoms with Gasteiger partial charge in [-0.1, -0.05) is 12.1 Å². The number of hydrogen-bond donors (Lipinski definition) is 1. The van der Waals surface area contributed by atoms with Crippen LogP contribution in [0.25, 0.3) is 11.5 Å². The van der Waals surface area contributed by atoms with Gasteiger partial charge in [-0.15, -0.1) is 0 Å². The molecule has 0 saturated carbocycles. The number of nitrogens with one attached hydrogen (secondary N) is 1. The fourth-order valence-corrected chi connectivity index (χ4v) is 3.36. The zero-order valence-electron chi connectivity index (χ0n) is 14.9. The fourth-order valence-electron chi connectivity index (χ4n) is 3.36. The van der Waals surface area contributed by atoms with E-state index in [4.69, 9.17) is 9.15 Å². The van der Waals surface area contributed by atoms with Gasteiger partial charge in [0, 0.05) is 38.3 Å². The minimum Gasteiger partial charge on any atom is -0.490 e. The van der Waals surface area contributed by atoms with Crippen LogP contribution >= 0.6 is 0 Å². The van der Waals surface area contributed by atoms with Gasteiger partial charge in [-0.05, 0) is 43.2 Å². The van der Waals surface area contributed by atoms with Crippen LogP contribution in [0.2, 0.25) is 0 Å². The molecule has 0 aliphatic carbocycles. The van der Waals surface area contributed by atoms with Crippen LogP contribution in [0, 0.1) is 6.92 Å². The van der Waals surface area contributed by atoms with Gasteiger partial charge >= 0.3 is 0 Å². The molecule has 130 valence electrons. The molecule has 25 heavy (non-hydrogen) atoms. The summed E-state index contributed by atoms with van der Waals surface area (Å²) in [4.78, 5) is 0. The predicted molar refractivity (Wildman–Crippen MR) is 96.4 cm³/mol. The van der Waals surface area contributed by atoms with Gasteiger partial charge in [-0.2, -0.15) is 5.10 Å². The van der Waals surface area contributed by atoms with Gasteiger partial charge in [0.15, 0.2) is 5.76 Å². The molecule has 5 heteroatoms. The van der Waals surface area contributed by atoms with Crippen molar-refractivity contribution in [3.8, 4) is 17.2 Å². The molecule has 1 aliphatic rings. The Hall–Kier alpha value is -2.53. The highest BCUT2D eigenvalue weighted by molar-refractivity contribution is 5.56. The Morgan fingerprint density at radius 1 is 1.24 bits per heavy atom. The number of fused-ring (bicyclic) bond motifs is 1. The highest BCUT2D eigenvalue weighted by atomic mass is 16.5. The molecule has 1 aliphatic heterocycles. The topological polar surface area (TPSA) is 52.2 Å². The molecule has 1 atom stereocenters. The maximum absolute atomic E-state index is 5.76. The van der Waals surface area contributed by atoms with Gasteiger partial charge in [-0.25, -0.2) is 0 Å². The summed E-state index contributed by atoms with van der Waals surface area (Å²) in [5.74, 6) is 2.74. The molecule has 0 saturated heterocycles. The summed E-state index contributed by atoms with van der Waals surface area (Å²) in [6.07, 6.45) is 3.32. The van der Waals surface area contributed by atoms with E-state index >= 15 is 0 Å². The van der Waals surface area contributed by atoms with E-state index in [1.807, 2.05) is 37.0 Å². The number of aryl methyl sites for hydroxylation is 2. The van der Waals surface area contributed by atoms with Gasteiger partial charge < -0.3 is 14.5 Å². The van der Waals surface area contributed by atoms with Crippen LogP contribution in [0.1, 0.15) is 29.4 Å². The number of aromatic nitrogens is 2. The van der Waals surface area contributed by atoms with Crippen LogP contribution in [-0.4, -0.2) is 15.9 Å². The van der Waals surface area contributed by atoms with Gasteiger partial charge in [0.1, 0.15) is 23.3 Å². The SMILES string of the molecule is Cc1ccc(-c2nn(C)cc2CNCc2ccc3c(c2)CC(C)O3)o1. The minimum atomic E-state index is 0.285. The predicted octanol–water partition coefficient (Wildman–Crippen LogP) is 3.60. The molecule has 4 rings (SSSR count). The van der Waals surface area contributed by atoms with E-state index in [1.54, 1.807) is 0 Å². The van der Waals surface area contributed by atoms with Crippen LogP contribution in [0.5, 0.6) is 5.75 Å². The van der Waals surface area contributed by atoms with Crippen LogP contribution < -0.4 is 10.1 Å². The van der Waals surface area contributed by atoms with E-state index in [1.165, 1.54) is 11.1 Å². The van der Waals surface area contributed by atoms with E-state index in [0.29, 0.717) is 0 Å². The summed E-state index contributed by atoms with van der Waals surface area (Å²) < 4.78 is 13.3. The Morgan fingerprint density at radius 3 is 2.92 bits per heavy atom. The quantitative estimate of drug-likeness (QED) is 0.773. The zero-order valence-corrected chi connectivity index (χ0v) is 14.9. The van der Waals surface area contributed by atoms with Crippen LogP contribution in [0.15, 0.2) is 40.9 Å². The molecular formula is C20H23N3O2. The molecule has 0 bridgehead atoms. The Kier molecular flexibility index (Phi) is 4.09. The highest BCUT2D eigenvalue weighted by Crippen LogP contribution is 2.29. The normalized spacial score (nSPS) is 16.0. The first-order valence-corrected chi connectivity index (χ1v) is 8.67. The molecule has 0 radical (unpaired) electrons. The van der Waals surface area contributed by atoms with Crippen LogP contribution in [-0.2, 0) is 26.6 Å². The van der Waals surface area contributed by atoms with Crippen molar-refractivity contribution in [2.75, 3.05) is 0 Å². The molecular weight excluding hydrogens is 314 g/mol. The molecule has 0 spiro atoms. The molecule has 1 aromatic carbocycles. The lowest BCUT2D eigenvalue weighted by Crippen LogP contribution is -2.13. The fraction of sp³-hybridized carbons (Fsp3) is 0.350. The third-order valence-corrected chi connectivity index (χ3v) is 4.48. The Morgan fingerprint density at radius 2 is 2.12 bits per heavy atom. The van der Waals surface area contributed by atoms with E-state index in [2.05, 4.69) is 35.5 Å². The monoisotopic (exact) mass is 337 g/mol. The van der Waals surface area contributed by atoms with Gasteiger partial charge in [0.05, 0.1) is 0 Å². The summed E-state index contributed by atoms with van der Waals surface area (Å²) in [6.45, 7) is 5.61. The van der Waals surface area contributed by atoms with E-state index < -0.39 is 0 Å². The molecule has 2 aromatic heterocycles. The van der Waals surface area contributed by atoms with Gasteiger partial charge in [0.25, 0.3) is 0 Å². The zero-order chi connectivity index (χ0) is 17.4. The van der Waals surface area contributed by atoms with Crippen molar-refractivity contribution in [2.45, 2.75) is 39.5 Å². The van der Waals surface area contributed by atoms with Crippen molar-refractivity contribution < 1.29 is 9.15 Å². The summed E-state index contributed by atoms with van der Waals surface area (Å²) in [7, 11) is 1.93. The van der Waals surface area contributed by atoms with Crippen molar-refractivity contribution in [2.24, 2.45) is 7.05 Å². The second kappa shape index (κ2) is 6.41. The van der Waals surface area contributed by atoms with Crippen LogP contribution in [0.3, 0.4) is 0 Å². The maximum Gasteiger partial charge on any atom is 0.154 e. The second-order valence-electron chi connectivity index (χ2n) is 6.77. The number of rotatable bonds is 5. The Bertz CT molecular complexity index is 894. The van der Waals surface area contributed by atoms with Crippen LogP contribution in [0.4, 0.5) is 0 Å². The number of nitrogens with zero attached hydrogens (tertiary/aromatic N) is 2. The molecule has 3 heterocycles. The first-order valence-electron chi connectivity index (χ1n) is 8.67. The third kappa shape index (κ3) is 3.33. The molecule has 0 amide bonds. The Balaban J connectivity index is 1.43. The number of benzene rings is 1. The first kappa shape index (κ1) is 16.0. The minimum absolute atomic E-state index is 0.285. The molecule has 1 N–H and O–H groups in total. The number of hydrogen-bond acceptors (Lipinski definition) is 4. The lowest BCUT2D eigenvalue weighted by atomic mass is 10.1. The number of furan rings is 1. The van der Waals surface area contributed by atoms with Crippen molar-refractivity contribution in [3.63, 3.8) is 0 Å². The van der Waals surface area contributed by atoms with Crippen molar-refractivity contribution >= 4 is 0 Å². The summed E-state index contributed by atoms with van der Waals surface area (Å²) in [6, 6.07) is 10.4. The molecule has 5 nitrogen and oxygen atoms in total.